The standard InChI is InChI=1S/C18H14Cl3N5OS/c1-2-7-26-17(11-3-5-22-6-4-11)24-25-18(26)28-10-15(27)23-16-13(20)8-12(19)9-14(16)21/h2-6,8-9H,1,7,10H2,(H,23,27). The molecule has 3 aromatic rings. The Morgan fingerprint density at radius 3 is 2.50 bits per heavy atom. The van der Waals surface area contributed by atoms with Gasteiger partial charge in [0.1, 0.15) is 0 Å². The lowest BCUT2D eigenvalue weighted by molar-refractivity contribution is -0.113. The number of nitrogens with one attached hydrogen (secondary N) is 1. The molecule has 10 heteroatoms. The van der Waals surface area contributed by atoms with Crippen molar-refractivity contribution in [3.05, 3.63) is 64.4 Å². The number of rotatable bonds is 7. The van der Waals surface area contributed by atoms with Gasteiger partial charge in [-0.3, -0.25) is 14.3 Å². The average Bonchev–Trinajstić information content (AvgIpc) is 3.07. The van der Waals surface area contributed by atoms with Gasteiger partial charge in [-0.2, -0.15) is 0 Å². The second kappa shape index (κ2) is 9.43. The van der Waals surface area contributed by atoms with Crippen LogP contribution in [0.2, 0.25) is 15.1 Å². The van der Waals surface area contributed by atoms with Crippen LogP contribution in [0.3, 0.4) is 0 Å². The van der Waals surface area contributed by atoms with Gasteiger partial charge in [0.2, 0.25) is 5.91 Å². The number of halogens is 3. The van der Waals surface area contributed by atoms with Gasteiger partial charge in [0.25, 0.3) is 0 Å². The quantitative estimate of drug-likeness (QED) is 0.391. The van der Waals surface area contributed by atoms with Gasteiger partial charge in [0.15, 0.2) is 11.0 Å². The number of pyridine rings is 1. The van der Waals surface area contributed by atoms with E-state index in [1.165, 1.54) is 23.9 Å². The number of allylic oxidation sites excluding steroid dienone is 1. The molecule has 0 unspecified atom stereocenters. The lowest BCUT2D eigenvalue weighted by Crippen LogP contribution is -2.15. The van der Waals surface area contributed by atoms with Crippen LogP contribution in [0.15, 0.2) is 54.5 Å². The minimum atomic E-state index is -0.283. The van der Waals surface area contributed by atoms with Crippen molar-refractivity contribution in [3.8, 4) is 11.4 Å². The first-order chi connectivity index (χ1) is 13.5. The fourth-order valence-corrected chi connectivity index (χ4v) is 4.03. The first kappa shape index (κ1) is 20.7. The number of nitrogens with zero attached hydrogens (tertiary/aromatic N) is 4. The number of hydrogen-bond acceptors (Lipinski definition) is 5. The molecular formula is C18H14Cl3N5OS. The number of carbonyl (C=O) groups is 1. The Hall–Kier alpha value is -2.06. The van der Waals surface area contributed by atoms with Gasteiger partial charge in [-0.15, -0.1) is 16.8 Å². The maximum Gasteiger partial charge on any atom is 0.234 e. The zero-order valence-electron chi connectivity index (χ0n) is 14.4. The molecule has 0 aliphatic heterocycles. The molecule has 0 saturated heterocycles. The number of thioether (sulfide) groups is 1. The molecule has 0 spiro atoms. The molecule has 28 heavy (non-hydrogen) atoms. The van der Waals surface area contributed by atoms with Crippen LogP contribution >= 0.6 is 46.6 Å². The molecular weight excluding hydrogens is 441 g/mol. The highest BCUT2D eigenvalue weighted by Crippen LogP contribution is 2.34. The minimum absolute atomic E-state index is 0.0981. The Balaban J connectivity index is 1.73. The summed E-state index contributed by atoms with van der Waals surface area (Å²) in [5, 5.41) is 12.6. The Bertz CT molecular complexity index is 987. The maximum absolute atomic E-state index is 12.4. The topological polar surface area (TPSA) is 72.7 Å². The third kappa shape index (κ3) is 4.86. The summed E-state index contributed by atoms with van der Waals surface area (Å²) < 4.78 is 1.88. The summed E-state index contributed by atoms with van der Waals surface area (Å²) >= 11 is 19.3. The fourth-order valence-electron chi connectivity index (χ4n) is 2.37. The van der Waals surface area contributed by atoms with Crippen molar-refractivity contribution in [2.75, 3.05) is 11.1 Å². The highest BCUT2D eigenvalue weighted by Gasteiger charge is 2.16. The predicted octanol–water partition coefficient (Wildman–Crippen LogP) is 5.22. The van der Waals surface area contributed by atoms with Crippen LogP contribution in [0.25, 0.3) is 11.4 Å². The van der Waals surface area contributed by atoms with Crippen LogP contribution in [0.1, 0.15) is 0 Å². The molecule has 1 N–H and O–H groups in total. The lowest BCUT2D eigenvalue weighted by Gasteiger charge is -2.10. The van der Waals surface area contributed by atoms with Crippen molar-refractivity contribution in [2.24, 2.45) is 0 Å². The van der Waals surface area contributed by atoms with E-state index in [2.05, 4.69) is 27.1 Å². The van der Waals surface area contributed by atoms with Crippen molar-refractivity contribution in [2.45, 2.75) is 11.7 Å². The van der Waals surface area contributed by atoms with Gasteiger partial charge in [0.05, 0.1) is 21.5 Å². The fraction of sp³-hybridized carbons (Fsp3) is 0.111. The van der Waals surface area contributed by atoms with E-state index < -0.39 is 0 Å². The second-order valence-electron chi connectivity index (χ2n) is 5.52. The van der Waals surface area contributed by atoms with E-state index in [1.807, 2.05) is 16.7 Å². The summed E-state index contributed by atoms with van der Waals surface area (Å²) in [7, 11) is 0. The predicted molar refractivity (Wildman–Crippen MR) is 114 cm³/mol. The van der Waals surface area contributed by atoms with E-state index in [4.69, 9.17) is 34.8 Å². The SMILES string of the molecule is C=CCn1c(SCC(=O)Nc2c(Cl)cc(Cl)cc2Cl)nnc1-c1ccncc1. The molecule has 0 bridgehead atoms. The van der Waals surface area contributed by atoms with Gasteiger partial charge in [-0.05, 0) is 24.3 Å². The summed E-state index contributed by atoms with van der Waals surface area (Å²) in [4.78, 5) is 16.4. The van der Waals surface area contributed by atoms with Crippen LogP contribution < -0.4 is 5.32 Å². The number of anilines is 1. The number of hydrogen-bond donors (Lipinski definition) is 1. The highest BCUT2D eigenvalue weighted by molar-refractivity contribution is 7.99. The largest absolute Gasteiger partial charge is 0.323 e. The van der Waals surface area contributed by atoms with E-state index in [0.29, 0.717) is 28.2 Å². The van der Waals surface area contributed by atoms with Crippen LogP contribution in [0.5, 0.6) is 0 Å². The Kier molecular flexibility index (Phi) is 6.96. The second-order valence-corrected chi connectivity index (χ2v) is 7.72. The van der Waals surface area contributed by atoms with E-state index in [0.717, 1.165) is 5.56 Å². The van der Waals surface area contributed by atoms with Crippen LogP contribution in [-0.2, 0) is 11.3 Å². The van der Waals surface area contributed by atoms with Gasteiger partial charge in [0, 0.05) is 29.5 Å². The van der Waals surface area contributed by atoms with E-state index >= 15 is 0 Å². The molecule has 3 rings (SSSR count). The van der Waals surface area contributed by atoms with Gasteiger partial charge >= 0.3 is 0 Å². The molecule has 6 nitrogen and oxygen atoms in total. The maximum atomic E-state index is 12.4. The number of amides is 1. The average molecular weight is 455 g/mol. The zero-order chi connectivity index (χ0) is 20.1. The molecule has 0 saturated carbocycles. The molecule has 2 heterocycles. The summed E-state index contributed by atoms with van der Waals surface area (Å²) in [5.74, 6) is 0.490. The Morgan fingerprint density at radius 1 is 1.18 bits per heavy atom. The number of aromatic nitrogens is 4. The lowest BCUT2D eigenvalue weighted by atomic mass is 10.2. The van der Waals surface area contributed by atoms with E-state index in [-0.39, 0.29) is 21.7 Å². The van der Waals surface area contributed by atoms with E-state index in [1.54, 1.807) is 18.5 Å². The molecule has 0 fully saturated rings. The molecule has 1 aromatic carbocycles. The van der Waals surface area contributed by atoms with Gasteiger partial charge < -0.3 is 5.32 Å². The molecule has 0 aliphatic rings. The molecule has 2 aromatic heterocycles. The first-order valence-electron chi connectivity index (χ1n) is 8.01. The zero-order valence-corrected chi connectivity index (χ0v) is 17.5. The monoisotopic (exact) mass is 453 g/mol. The van der Waals surface area contributed by atoms with Crippen molar-refractivity contribution < 1.29 is 4.79 Å². The molecule has 1 amide bonds. The van der Waals surface area contributed by atoms with Crippen LogP contribution in [0.4, 0.5) is 5.69 Å². The minimum Gasteiger partial charge on any atom is -0.323 e. The smallest absolute Gasteiger partial charge is 0.234 e. The number of carbonyl (C=O) groups excluding carboxylic acids is 1. The van der Waals surface area contributed by atoms with E-state index in [9.17, 15) is 4.79 Å². The summed E-state index contributed by atoms with van der Waals surface area (Å²) in [6.07, 6.45) is 5.11. The number of benzene rings is 1. The Labute approximate surface area is 180 Å². The van der Waals surface area contributed by atoms with Crippen molar-refractivity contribution >= 4 is 58.2 Å². The summed E-state index contributed by atoms with van der Waals surface area (Å²) in [6.45, 7) is 4.28. The summed E-state index contributed by atoms with van der Waals surface area (Å²) in [6, 6.07) is 6.71. The summed E-state index contributed by atoms with van der Waals surface area (Å²) in [5.41, 5.74) is 1.20. The molecule has 0 atom stereocenters. The normalized spacial score (nSPS) is 10.7. The first-order valence-corrected chi connectivity index (χ1v) is 10.1. The van der Waals surface area contributed by atoms with Gasteiger partial charge in [-0.25, -0.2) is 0 Å². The molecule has 0 aliphatic carbocycles. The van der Waals surface area contributed by atoms with Crippen molar-refractivity contribution in [1.29, 1.82) is 0 Å². The molecule has 0 radical (unpaired) electrons. The third-order valence-corrected chi connectivity index (χ3v) is 5.35. The van der Waals surface area contributed by atoms with Crippen molar-refractivity contribution in [1.82, 2.24) is 19.7 Å². The molecule has 144 valence electrons. The van der Waals surface area contributed by atoms with Gasteiger partial charge in [-0.1, -0.05) is 52.6 Å². The highest BCUT2D eigenvalue weighted by atomic mass is 35.5. The van der Waals surface area contributed by atoms with Crippen LogP contribution in [-0.4, -0.2) is 31.4 Å². The van der Waals surface area contributed by atoms with Crippen molar-refractivity contribution in [3.63, 3.8) is 0 Å². The van der Waals surface area contributed by atoms with Crippen LogP contribution in [0, 0.1) is 0 Å². The Morgan fingerprint density at radius 2 is 1.86 bits per heavy atom. The third-order valence-electron chi connectivity index (χ3n) is 3.57.